The number of carbonyl (C=O) groups excluding carboxylic acids is 1. The van der Waals surface area contributed by atoms with Gasteiger partial charge in [-0.25, -0.2) is 4.98 Å². The summed E-state index contributed by atoms with van der Waals surface area (Å²) in [5.41, 5.74) is 1.64. The molecule has 1 heterocycles. The Morgan fingerprint density at radius 2 is 1.74 bits per heavy atom. The molecule has 138 valence electrons. The van der Waals surface area contributed by atoms with Gasteiger partial charge in [-0.05, 0) is 42.3 Å². The number of anilines is 3. The third-order valence-corrected chi connectivity index (χ3v) is 3.76. The molecule has 0 aliphatic heterocycles. The van der Waals surface area contributed by atoms with E-state index < -0.39 is 0 Å². The molecule has 0 fully saturated rings. The first-order valence-corrected chi connectivity index (χ1v) is 8.95. The van der Waals surface area contributed by atoms with Gasteiger partial charge in [0.25, 0.3) is 0 Å². The minimum atomic E-state index is -0.0279. The van der Waals surface area contributed by atoms with Crippen molar-refractivity contribution in [3.63, 3.8) is 0 Å². The average Bonchev–Trinajstić information content (AvgIpc) is 2.65. The molecule has 0 unspecified atom stereocenters. The maximum atomic E-state index is 11.8. The highest BCUT2D eigenvalue weighted by molar-refractivity contribution is 5.90. The van der Waals surface area contributed by atoms with E-state index in [1.165, 1.54) is 0 Å². The molecule has 0 atom stereocenters. The lowest BCUT2D eigenvalue weighted by molar-refractivity contribution is -0.116. The van der Waals surface area contributed by atoms with E-state index >= 15 is 0 Å². The van der Waals surface area contributed by atoms with E-state index in [9.17, 15) is 4.79 Å². The monoisotopic (exact) mass is 361 g/mol. The fourth-order valence-corrected chi connectivity index (χ4v) is 2.54. The minimum absolute atomic E-state index is 0.0279. The van der Waals surface area contributed by atoms with E-state index in [1.54, 1.807) is 12.3 Å². The molecular formula is C22H23N3O2. The average molecular weight is 361 g/mol. The maximum absolute atomic E-state index is 11.8. The van der Waals surface area contributed by atoms with Gasteiger partial charge < -0.3 is 15.4 Å². The second-order valence-electron chi connectivity index (χ2n) is 6.61. The van der Waals surface area contributed by atoms with Gasteiger partial charge in [0.15, 0.2) is 5.75 Å². The molecule has 0 saturated carbocycles. The standard InChI is InChI=1S/C22H23N3O2/c1-16(2)14-22(26)25-21-13-12-17(15-23-21)24-19-10-6-7-11-20(19)27-18-8-4-3-5-9-18/h3-13,15-16,24H,14H2,1-2H3,(H,23,25,26). The number of amides is 1. The first kappa shape index (κ1) is 18.5. The lowest BCUT2D eigenvalue weighted by atomic mass is 10.1. The summed E-state index contributed by atoms with van der Waals surface area (Å²) >= 11 is 0. The Labute approximate surface area is 159 Å². The van der Waals surface area contributed by atoms with Crippen LogP contribution >= 0.6 is 0 Å². The molecule has 0 bridgehead atoms. The quantitative estimate of drug-likeness (QED) is 0.575. The minimum Gasteiger partial charge on any atom is -0.455 e. The van der Waals surface area contributed by atoms with E-state index in [0.717, 1.165) is 22.9 Å². The number of benzene rings is 2. The number of ether oxygens (including phenoxy) is 1. The lowest BCUT2D eigenvalue weighted by Crippen LogP contribution is -2.14. The highest BCUT2D eigenvalue weighted by Gasteiger charge is 2.07. The molecule has 0 aliphatic rings. The Balaban J connectivity index is 1.68. The second kappa shape index (κ2) is 8.85. The Morgan fingerprint density at radius 3 is 2.44 bits per heavy atom. The van der Waals surface area contributed by atoms with Gasteiger partial charge in [-0.2, -0.15) is 0 Å². The van der Waals surface area contributed by atoms with Crippen LogP contribution in [0.4, 0.5) is 17.2 Å². The lowest BCUT2D eigenvalue weighted by Gasteiger charge is -2.13. The van der Waals surface area contributed by atoms with Crippen molar-refractivity contribution in [2.24, 2.45) is 5.92 Å². The maximum Gasteiger partial charge on any atom is 0.225 e. The summed E-state index contributed by atoms with van der Waals surface area (Å²) < 4.78 is 5.96. The number of rotatable bonds is 7. The molecule has 27 heavy (non-hydrogen) atoms. The topological polar surface area (TPSA) is 63.2 Å². The van der Waals surface area contributed by atoms with Crippen molar-refractivity contribution < 1.29 is 9.53 Å². The fourth-order valence-electron chi connectivity index (χ4n) is 2.54. The number of para-hydroxylation sites is 3. The molecule has 1 aromatic heterocycles. The number of nitrogens with zero attached hydrogens (tertiary/aromatic N) is 1. The number of hydrogen-bond donors (Lipinski definition) is 2. The predicted octanol–water partition coefficient (Wildman–Crippen LogP) is 5.60. The van der Waals surface area contributed by atoms with E-state index in [1.807, 2.05) is 74.5 Å². The van der Waals surface area contributed by atoms with Gasteiger partial charge in [-0.1, -0.05) is 44.2 Å². The van der Waals surface area contributed by atoms with Crippen molar-refractivity contribution in [2.45, 2.75) is 20.3 Å². The van der Waals surface area contributed by atoms with Crippen molar-refractivity contribution in [3.05, 3.63) is 72.9 Å². The second-order valence-corrected chi connectivity index (χ2v) is 6.61. The summed E-state index contributed by atoms with van der Waals surface area (Å²) in [7, 11) is 0. The van der Waals surface area contributed by atoms with E-state index in [2.05, 4.69) is 15.6 Å². The van der Waals surface area contributed by atoms with Crippen molar-refractivity contribution >= 4 is 23.1 Å². The SMILES string of the molecule is CC(C)CC(=O)Nc1ccc(Nc2ccccc2Oc2ccccc2)cn1. The summed E-state index contributed by atoms with van der Waals surface area (Å²) in [5.74, 6) is 2.32. The van der Waals surface area contributed by atoms with Crippen LogP contribution < -0.4 is 15.4 Å². The molecule has 2 N–H and O–H groups in total. The zero-order chi connectivity index (χ0) is 19.1. The van der Waals surface area contributed by atoms with Crippen LogP contribution in [0.3, 0.4) is 0 Å². The Bertz CT molecular complexity index is 878. The van der Waals surface area contributed by atoms with E-state index in [4.69, 9.17) is 4.74 Å². The zero-order valence-electron chi connectivity index (χ0n) is 15.5. The van der Waals surface area contributed by atoms with Gasteiger partial charge in [-0.3, -0.25) is 4.79 Å². The van der Waals surface area contributed by atoms with Gasteiger partial charge in [0.1, 0.15) is 11.6 Å². The molecule has 2 aromatic carbocycles. The number of aromatic nitrogens is 1. The molecule has 5 heteroatoms. The van der Waals surface area contributed by atoms with Crippen LogP contribution in [0.5, 0.6) is 11.5 Å². The van der Waals surface area contributed by atoms with E-state index in [-0.39, 0.29) is 5.91 Å². The molecule has 3 aromatic rings. The third kappa shape index (κ3) is 5.57. The van der Waals surface area contributed by atoms with Crippen LogP contribution in [0, 0.1) is 5.92 Å². The van der Waals surface area contributed by atoms with Crippen LogP contribution in [-0.2, 0) is 4.79 Å². The molecule has 3 rings (SSSR count). The van der Waals surface area contributed by atoms with Crippen LogP contribution in [0.25, 0.3) is 0 Å². The Kier molecular flexibility index (Phi) is 6.05. The Hall–Kier alpha value is -3.34. The summed E-state index contributed by atoms with van der Waals surface area (Å²) in [6, 6.07) is 21.0. The summed E-state index contributed by atoms with van der Waals surface area (Å²) in [4.78, 5) is 16.1. The number of carbonyl (C=O) groups is 1. The molecule has 0 radical (unpaired) electrons. The molecule has 5 nitrogen and oxygen atoms in total. The van der Waals surface area contributed by atoms with Crippen molar-refractivity contribution in [1.82, 2.24) is 4.98 Å². The molecule has 0 saturated heterocycles. The molecule has 1 amide bonds. The van der Waals surface area contributed by atoms with Gasteiger partial charge in [0, 0.05) is 6.42 Å². The Morgan fingerprint density at radius 1 is 1.00 bits per heavy atom. The number of nitrogens with one attached hydrogen (secondary N) is 2. The van der Waals surface area contributed by atoms with Gasteiger partial charge >= 0.3 is 0 Å². The van der Waals surface area contributed by atoms with Crippen molar-refractivity contribution in [1.29, 1.82) is 0 Å². The number of hydrogen-bond acceptors (Lipinski definition) is 4. The fraction of sp³-hybridized carbons (Fsp3) is 0.182. The van der Waals surface area contributed by atoms with Gasteiger partial charge in [-0.15, -0.1) is 0 Å². The molecular weight excluding hydrogens is 338 g/mol. The van der Waals surface area contributed by atoms with Crippen LogP contribution in [-0.4, -0.2) is 10.9 Å². The summed E-state index contributed by atoms with van der Waals surface area (Å²) in [6.45, 7) is 4.02. The number of pyridine rings is 1. The normalized spacial score (nSPS) is 10.5. The highest BCUT2D eigenvalue weighted by atomic mass is 16.5. The summed E-state index contributed by atoms with van der Waals surface area (Å²) in [6.07, 6.45) is 2.16. The molecule has 0 spiro atoms. The highest BCUT2D eigenvalue weighted by Crippen LogP contribution is 2.31. The van der Waals surface area contributed by atoms with Crippen LogP contribution in [0.15, 0.2) is 72.9 Å². The summed E-state index contributed by atoms with van der Waals surface area (Å²) in [5, 5.41) is 6.11. The van der Waals surface area contributed by atoms with Gasteiger partial charge in [0.2, 0.25) is 5.91 Å². The first-order chi connectivity index (χ1) is 13.1. The van der Waals surface area contributed by atoms with Crippen LogP contribution in [0.2, 0.25) is 0 Å². The smallest absolute Gasteiger partial charge is 0.225 e. The largest absolute Gasteiger partial charge is 0.455 e. The van der Waals surface area contributed by atoms with Crippen molar-refractivity contribution in [3.8, 4) is 11.5 Å². The van der Waals surface area contributed by atoms with E-state index in [0.29, 0.717) is 18.2 Å². The van der Waals surface area contributed by atoms with Crippen LogP contribution in [0.1, 0.15) is 20.3 Å². The van der Waals surface area contributed by atoms with Gasteiger partial charge in [0.05, 0.1) is 17.6 Å². The zero-order valence-corrected chi connectivity index (χ0v) is 15.5. The van der Waals surface area contributed by atoms with Crippen molar-refractivity contribution in [2.75, 3.05) is 10.6 Å². The molecule has 0 aliphatic carbocycles. The third-order valence-electron chi connectivity index (χ3n) is 3.76. The first-order valence-electron chi connectivity index (χ1n) is 8.95. The predicted molar refractivity (Wildman–Crippen MR) is 109 cm³/mol.